The first-order valence-corrected chi connectivity index (χ1v) is 7.69. The van der Waals surface area contributed by atoms with E-state index >= 15 is 0 Å². The van der Waals surface area contributed by atoms with Crippen LogP contribution in [-0.4, -0.2) is 8.42 Å². The van der Waals surface area contributed by atoms with Crippen LogP contribution >= 0.6 is 0 Å². The smallest absolute Gasteiger partial charge is 0.204 e. The van der Waals surface area contributed by atoms with Gasteiger partial charge in [-0.2, -0.15) is 21.4 Å². The SMILES string of the molecule is C=Cc1ccc(S(=O)(=O)OC(F)(F)c2ccc(F)c(F)c2F)cc1. The van der Waals surface area contributed by atoms with Gasteiger partial charge in [-0.3, -0.25) is 0 Å². The van der Waals surface area contributed by atoms with Crippen LogP contribution in [0.2, 0.25) is 0 Å². The Hall–Kier alpha value is -2.26. The van der Waals surface area contributed by atoms with Gasteiger partial charge in [0.1, 0.15) is 0 Å². The molecule has 128 valence electrons. The van der Waals surface area contributed by atoms with Gasteiger partial charge in [-0.05, 0) is 29.8 Å². The third kappa shape index (κ3) is 3.46. The molecule has 3 nitrogen and oxygen atoms in total. The summed E-state index contributed by atoms with van der Waals surface area (Å²) in [6.07, 6.45) is -3.35. The molecule has 0 unspecified atom stereocenters. The first kappa shape index (κ1) is 18.1. The number of halogens is 5. The van der Waals surface area contributed by atoms with Gasteiger partial charge in [0, 0.05) is 0 Å². The summed E-state index contributed by atoms with van der Waals surface area (Å²) < 4.78 is 94.6. The van der Waals surface area contributed by atoms with Gasteiger partial charge >= 0.3 is 16.2 Å². The third-order valence-electron chi connectivity index (χ3n) is 2.97. The molecule has 0 aliphatic carbocycles. The highest BCUT2D eigenvalue weighted by Crippen LogP contribution is 2.36. The lowest BCUT2D eigenvalue weighted by molar-refractivity contribution is -0.183. The van der Waals surface area contributed by atoms with Gasteiger partial charge in [-0.15, -0.1) is 0 Å². The zero-order valence-electron chi connectivity index (χ0n) is 11.8. The molecule has 0 bridgehead atoms. The lowest BCUT2D eigenvalue weighted by atomic mass is 10.2. The quantitative estimate of drug-likeness (QED) is 0.454. The van der Waals surface area contributed by atoms with Crippen molar-refractivity contribution < 1.29 is 34.6 Å². The minimum atomic E-state index is -5.00. The van der Waals surface area contributed by atoms with Crippen molar-refractivity contribution in [3.63, 3.8) is 0 Å². The molecule has 0 saturated carbocycles. The molecule has 0 radical (unpaired) electrons. The van der Waals surface area contributed by atoms with E-state index < -0.39 is 44.1 Å². The van der Waals surface area contributed by atoms with E-state index in [1.807, 2.05) is 0 Å². The van der Waals surface area contributed by atoms with Gasteiger partial charge in [-0.1, -0.05) is 24.8 Å². The van der Waals surface area contributed by atoms with Gasteiger partial charge < -0.3 is 0 Å². The Morgan fingerprint density at radius 1 is 0.958 bits per heavy atom. The zero-order valence-corrected chi connectivity index (χ0v) is 12.6. The van der Waals surface area contributed by atoms with Crippen LogP contribution in [0, 0.1) is 17.5 Å². The highest BCUT2D eigenvalue weighted by Gasteiger charge is 2.43. The molecule has 0 spiro atoms. The third-order valence-corrected chi connectivity index (χ3v) is 4.25. The fourth-order valence-corrected chi connectivity index (χ4v) is 2.68. The Bertz CT molecular complexity index is 877. The minimum absolute atomic E-state index is 0.198. The highest BCUT2D eigenvalue weighted by molar-refractivity contribution is 7.86. The summed E-state index contributed by atoms with van der Waals surface area (Å²) >= 11 is 0. The maximum Gasteiger partial charge on any atom is 0.400 e. The molecule has 9 heteroatoms. The summed E-state index contributed by atoms with van der Waals surface area (Å²) in [6, 6.07) is 4.94. The van der Waals surface area contributed by atoms with E-state index in [0.717, 1.165) is 12.1 Å². The normalized spacial score (nSPS) is 12.2. The molecule has 0 atom stereocenters. The van der Waals surface area contributed by atoms with Gasteiger partial charge in [0.25, 0.3) is 0 Å². The molecule has 0 saturated heterocycles. The zero-order chi connectivity index (χ0) is 18.1. The number of rotatable bonds is 5. The average Bonchev–Trinajstić information content (AvgIpc) is 2.51. The molecule has 0 aliphatic rings. The lowest BCUT2D eigenvalue weighted by Crippen LogP contribution is -2.25. The molecule has 2 aromatic rings. The van der Waals surface area contributed by atoms with Crippen LogP contribution in [0.3, 0.4) is 0 Å². The minimum Gasteiger partial charge on any atom is -0.204 e. The highest BCUT2D eigenvalue weighted by atomic mass is 32.2. The average molecular weight is 364 g/mol. The number of alkyl halides is 2. The molecule has 0 aliphatic heterocycles. The van der Waals surface area contributed by atoms with Crippen molar-refractivity contribution in [3.05, 3.63) is 71.6 Å². The predicted molar refractivity (Wildman–Crippen MR) is 75.0 cm³/mol. The Morgan fingerprint density at radius 3 is 2.08 bits per heavy atom. The summed E-state index contributed by atoms with van der Waals surface area (Å²) in [7, 11) is -5.00. The maximum absolute atomic E-state index is 13.9. The molecule has 0 aromatic heterocycles. The summed E-state index contributed by atoms with van der Waals surface area (Å²) in [6.45, 7) is 3.44. The molecule has 2 aromatic carbocycles. The monoisotopic (exact) mass is 364 g/mol. The molecule has 0 heterocycles. The Balaban J connectivity index is 2.40. The second kappa shape index (κ2) is 6.33. The first-order valence-electron chi connectivity index (χ1n) is 6.28. The van der Waals surface area contributed by atoms with Gasteiger partial charge in [0.05, 0.1) is 10.5 Å². The Morgan fingerprint density at radius 2 is 1.54 bits per heavy atom. The second-order valence-corrected chi connectivity index (χ2v) is 6.10. The number of hydrogen-bond acceptors (Lipinski definition) is 3. The number of benzene rings is 2. The van der Waals surface area contributed by atoms with Crippen molar-refractivity contribution in [2.45, 2.75) is 11.0 Å². The topological polar surface area (TPSA) is 43.4 Å². The summed E-state index contributed by atoms with van der Waals surface area (Å²) in [5.74, 6) is -6.10. The van der Waals surface area contributed by atoms with E-state index in [0.29, 0.717) is 5.56 Å². The van der Waals surface area contributed by atoms with Crippen LogP contribution in [0.25, 0.3) is 6.08 Å². The van der Waals surface area contributed by atoms with Gasteiger partial charge in [0.15, 0.2) is 17.5 Å². The van der Waals surface area contributed by atoms with Crippen molar-refractivity contribution in [1.29, 1.82) is 0 Å². The largest absolute Gasteiger partial charge is 0.400 e. The van der Waals surface area contributed by atoms with Crippen LogP contribution in [0.4, 0.5) is 22.0 Å². The van der Waals surface area contributed by atoms with E-state index in [4.69, 9.17) is 0 Å². The van der Waals surface area contributed by atoms with Crippen LogP contribution in [0.15, 0.2) is 47.9 Å². The molecule has 24 heavy (non-hydrogen) atoms. The van der Waals surface area contributed by atoms with Crippen LogP contribution in [-0.2, 0) is 20.4 Å². The first-order chi connectivity index (χ1) is 11.1. The molecule has 2 rings (SSSR count). The van der Waals surface area contributed by atoms with E-state index in [2.05, 4.69) is 10.8 Å². The predicted octanol–water partition coefficient (Wildman–Crippen LogP) is 4.20. The standard InChI is InChI=1S/C15H9F5O3S/c1-2-9-3-5-10(6-4-9)24(21,22)23-15(19,20)11-7-8-12(16)14(18)13(11)17/h2-8H,1H2. The van der Waals surface area contributed by atoms with Crippen LogP contribution < -0.4 is 0 Å². The fourth-order valence-electron chi connectivity index (χ4n) is 1.75. The molecule has 0 N–H and O–H groups in total. The lowest BCUT2D eigenvalue weighted by Gasteiger charge is -2.17. The van der Waals surface area contributed by atoms with Gasteiger partial charge in [-0.25, -0.2) is 13.2 Å². The van der Waals surface area contributed by atoms with Crippen molar-refractivity contribution in [2.75, 3.05) is 0 Å². The van der Waals surface area contributed by atoms with E-state index in [1.54, 1.807) is 0 Å². The molecule has 0 fully saturated rings. The Labute approximate surface area is 134 Å². The van der Waals surface area contributed by atoms with Crippen molar-refractivity contribution >= 4 is 16.2 Å². The fraction of sp³-hybridized carbons (Fsp3) is 0.0667. The summed E-state index contributed by atoms with van der Waals surface area (Å²) in [5.41, 5.74) is -1.22. The van der Waals surface area contributed by atoms with E-state index in [9.17, 15) is 30.4 Å². The summed E-state index contributed by atoms with van der Waals surface area (Å²) in [4.78, 5) is -0.629. The summed E-state index contributed by atoms with van der Waals surface area (Å²) in [5, 5.41) is 0. The van der Waals surface area contributed by atoms with Gasteiger partial charge in [0.2, 0.25) is 0 Å². The maximum atomic E-state index is 13.9. The van der Waals surface area contributed by atoms with Crippen molar-refractivity contribution in [2.24, 2.45) is 0 Å². The molecular formula is C15H9F5O3S. The van der Waals surface area contributed by atoms with Crippen molar-refractivity contribution in [3.8, 4) is 0 Å². The number of hydrogen-bond donors (Lipinski definition) is 0. The second-order valence-electron chi connectivity index (χ2n) is 4.55. The van der Waals surface area contributed by atoms with Crippen molar-refractivity contribution in [1.82, 2.24) is 0 Å². The molecular weight excluding hydrogens is 355 g/mol. The Kier molecular flexibility index (Phi) is 4.77. The van der Waals surface area contributed by atoms with E-state index in [1.165, 1.54) is 18.2 Å². The van der Waals surface area contributed by atoms with Crippen LogP contribution in [0.5, 0.6) is 0 Å². The van der Waals surface area contributed by atoms with Crippen LogP contribution in [0.1, 0.15) is 11.1 Å². The van der Waals surface area contributed by atoms with E-state index in [-0.39, 0.29) is 12.1 Å². The molecule has 0 amide bonds.